The molecule has 0 unspecified atom stereocenters. The summed E-state index contributed by atoms with van der Waals surface area (Å²) in [6.07, 6.45) is 2.85. The van der Waals surface area contributed by atoms with E-state index in [9.17, 15) is 22.0 Å². The number of benzene rings is 2. The van der Waals surface area contributed by atoms with E-state index in [4.69, 9.17) is 11.6 Å². The van der Waals surface area contributed by atoms with Crippen LogP contribution in [0.2, 0.25) is 5.02 Å². The molecule has 10 nitrogen and oxygen atoms in total. The normalized spacial score (nSPS) is 17.6. The Morgan fingerprint density at radius 3 is 2.59 bits per heavy atom. The van der Waals surface area contributed by atoms with Crippen LogP contribution in [0.3, 0.4) is 0 Å². The molecule has 5 rings (SSSR count). The number of aliphatic imine (C=N–C) groups is 1. The number of hydrogen-bond donors (Lipinski definition) is 2. The summed E-state index contributed by atoms with van der Waals surface area (Å²) in [4.78, 5) is 28.5. The highest BCUT2D eigenvalue weighted by Crippen LogP contribution is 2.31. The number of carbonyl (C=O) groups is 1. The van der Waals surface area contributed by atoms with Crippen LogP contribution in [-0.4, -0.2) is 67.2 Å². The summed E-state index contributed by atoms with van der Waals surface area (Å²) >= 11 is 5.96. The molecule has 0 radical (unpaired) electrons. The predicted octanol–water partition coefficient (Wildman–Crippen LogP) is 3.63. The zero-order valence-electron chi connectivity index (χ0n) is 22.1. The van der Waals surface area contributed by atoms with Crippen molar-refractivity contribution in [3.8, 4) is 0 Å². The summed E-state index contributed by atoms with van der Waals surface area (Å²) in [5, 5.41) is 6.21. The lowest BCUT2D eigenvalue weighted by Crippen LogP contribution is -2.60. The molecular weight excluding hydrogens is 576 g/mol. The van der Waals surface area contributed by atoms with Crippen molar-refractivity contribution in [2.75, 3.05) is 36.5 Å². The third-order valence-electron chi connectivity index (χ3n) is 7.00. The molecule has 3 aromatic rings. The molecule has 1 fully saturated rings. The van der Waals surface area contributed by atoms with Gasteiger partial charge in [0.1, 0.15) is 24.2 Å². The number of fused-ring (bicyclic) bond motifs is 1. The maximum absolute atomic E-state index is 14.0. The maximum Gasteiger partial charge on any atom is 0.273 e. The molecule has 41 heavy (non-hydrogen) atoms. The molecule has 1 saturated heterocycles. The first-order valence-corrected chi connectivity index (χ1v) is 14.8. The van der Waals surface area contributed by atoms with Gasteiger partial charge in [0.05, 0.1) is 17.3 Å². The summed E-state index contributed by atoms with van der Waals surface area (Å²) in [5.41, 5.74) is 1.08. The van der Waals surface area contributed by atoms with Crippen molar-refractivity contribution < 1.29 is 22.0 Å². The SMILES string of the molecule is CCC(F)(F)c1ccc(CNC(=O)[C@H]2CN(c3cnc4c(n3)NCN=C4)CCN2S(=O)(=O)c2ccc(Cl)cc2)cc1. The van der Waals surface area contributed by atoms with Crippen molar-refractivity contribution in [2.24, 2.45) is 4.99 Å². The minimum absolute atomic E-state index is 0.0114. The van der Waals surface area contributed by atoms with Crippen LogP contribution in [0.4, 0.5) is 20.4 Å². The molecule has 216 valence electrons. The number of alkyl halides is 2. The number of sulfonamides is 1. The Bertz CT molecular complexity index is 1550. The Morgan fingerprint density at radius 2 is 1.88 bits per heavy atom. The maximum atomic E-state index is 14.0. The van der Waals surface area contributed by atoms with E-state index in [1.165, 1.54) is 59.8 Å². The first-order valence-electron chi connectivity index (χ1n) is 13.0. The quantitative estimate of drug-likeness (QED) is 0.403. The topological polar surface area (TPSA) is 120 Å². The number of nitrogens with one attached hydrogen (secondary N) is 2. The fourth-order valence-electron chi connectivity index (χ4n) is 4.61. The Morgan fingerprint density at radius 1 is 1.15 bits per heavy atom. The summed E-state index contributed by atoms with van der Waals surface area (Å²) in [6.45, 7) is 2.10. The van der Waals surface area contributed by atoms with Gasteiger partial charge in [0.15, 0.2) is 5.82 Å². The van der Waals surface area contributed by atoms with Crippen LogP contribution in [0.1, 0.15) is 30.2 Å². The minimum Gasteiger partial charge on any atom is -0.352 e. The zero-order chi connectivity index (χ0) is 29.2. The summed E-state index contributed by atoms with van der Waals surface area (Å²) in [7, 11) is -4.06. The molecule has 0 bridgehead atoms. The van der Waals surface area contributed by atoms with E-state index in [0.29, 0.717) is 34.6 Å². The van der Waals surface area contributed by atoms with Crippen LogP contribution < -0.4 is 15.5 Å². The smallest absolute Gasteiger partial charge is 0.273 e. The van der Waals surface area contributed by atoms with Gasteiger partial charge in [0.25, 0.3) is 5.92 Å². The number of piperazine rings is 1. The number of halogens is 3. The van der Waals surface area contributed by atoms with Gasteiger partial charge in [-0.05, 0) is 29.8 Å². The minimum atomic E-state index is -4.06. The first kappa shape index (κ1) is 28.8. The third-order valence-corrected chi connectivity index (χ3v) is 9.18. The van der Waals surface area contributed by atoms with E-state index in [2.05, 4.69) is 25.6 Å². The van der Waals surface area contributed by atoms with Crippen molar-refractivity contribution >= 4 is 45.4 Å². The average Bonchev–Trinajstić information content (AvgIpc) is 2.99. The third kappa shape index (κ3) is 6.16. The fourth-order valence-corrected chi connectivity index (χ4v) is 6.31. The lowest BCUT2D eigenvalue weighted by atomic mass is 10.0. The molecule has 1 atom stereocenters. The predicted molar refractivity (Wildman–Crippen MR) is 152 cm³/mol. The molecule has 0 spiro atoms. The van der Waals surface area contributed by atoms with Gasteiger partial charge in [-0.2, -0.15) is 4.31 Å². The van der Waals surface area contributed by atoms with E-state index < -0.39 is 27.9 Å². The summed E-state index contributed by atoms with van der Waals surface area (Å²) < 4.78 is 56.4. The molecule has 2 aliphatic rings. The second kappa shape index (κ2) is 11.7. The molecule has 0 saturated carbocycles. The van der Waals surface area contributed by atoms with E-state index in [-0.39, 0.29) is 43.1 Å². The van der Waals surface area contributed by atoms with Crippen molar-refractivity contribution in [3.63, 3.8) is 0 Å². The highest BCUT2D eigenvalue weighted by molar-refractivity contribution is 7.89. The van der Waals surface area contributed by atoms with Crippen LogP contribution in [0.25, 0.3) is 0 Å². The average molecular weight is 604 g/mol. The highest BCUT2D eigenvalue weighted by atomic mass is 35.5. The molecule has 3 heterocycles. The van der Waals surface area contributed by atoms with Crippen molar-refractivity contribution in [1.82, 2.24) is 19.6 Å². The zero-order valence-corrected chi connectivity index (χ0v) is 23.7. The van der Waals surface area contributed by atoms with E-state index in [1.807, 2.05) is 0 Å². The van der Waals surface area contributed by atoms with Gasteiger partial charge in [0.2, 0.25) is 15.9 Å². The van der Waals surface area contributed by atoms with Gasteiger partial charge in [-0.3, -0.25) is 9.79 Å². The van der Waals surface area contributed by atoms with E-state index >= 15 is 0 Å². The summed E-state index contributed by atoms with van der Waals surface area (Å²) in [6, 6.07) is 10.3. The summed E-state index contributed by atoms with van der Waals surface area (Å²) in [5.74, 6) is -2.44. The number of nitrogens with zero attached hydrogens (tertiary/aromatic N) is 5. The molecular formula is C27H28ClF2N7O3S. The van der Waals surface area contributed by atoms with Crippen LogP contribution in [0.5, 0.6) is 0 Å². The van der Waals surface area contributed by atoms with Gasteiger partial charge in [-0.1, -0.05) is 42.8 Å². The molecule has 2 aromatic carbocycles. The van der Waals surface area contributed by atoms with Gasteiger partial charge < -0.3 is 15.5 Å². The van der Waals surface area contributed by atoms with Crippen LogP contribution in [-0.2, 0) is 27.3 Å². The van der Waals surface area contributed by atoms with Gasteiger partial charge in [0, 0.05) is 43.2 Å². The Hall–Kier alpha value is -3.68. The lowest BCUT2D eigenvalue weighted by molar-refractivity contribution is -0.125. The first-order chi connectivity index (χ1) is 19.6. The highest BCUT2D eigenvalue weighted by Gasteiger charge is 2.40. The number of rotatable bonds is 8. The molecule has 1 amide bonds. The Labute approximate surface area is 241 Å². The lowest BCUT2D eigenvalue weighted by Gasteiger charge is -2.40. The van der Waals surface area contributed by atoms with Gasteiger partial charge >= 0.3 is 0 Å². The van der Waals surface area contributed by atoms with Crippen LogP contribution in [0, 0.1) is 0 Å². The molecule has 0 aliphatic carbocycles. The fraction of sp³-hybridized carbons (Fsp3) is 0.333. The van der Waals surface area contributed by atoms with Crippen LogP contribution >= 0.6 is 11.6 Å². The molecule has 1 aromatic heterocycles. The van der Waals surface area contributed by atoms with Crippen molar-refractivity contribution in [1.29, 1.82) is 0 Å². The number of carbonyl (C=O) groups excluding carboxylic acids is 1. The number of anilines is 2. The second-order valence-electron chi connectivity index (χ2n) is 9.61. The number of hydrogen-bond acceptors (Lipinski definition) is 8. The van der Waals surface area contributed by atoms with Gasteiger partial charge in [-0.25, -0.2) is 27.2 Å². The van der Waals surface area contributed by atoms with Crippen LogP contribution in [0.15, 0.2) is 64.6 Å². The number of amides is 1. The monoisotopic (exact) mass is 603 g/mol. The Kier molecular flexibility index (Phi) is 8.20. The largest absolute Gasteiger partial charge is 0.352 e. The molecule has 14 heteroatoms. The van der Waals surface area contributed by atoms with Crippen molar-refractivity contribution in [2.45, 2.75) is 36.7 Å². The van der Waals surface area contributed by atoms with E-state index in [0.717, 1.165) is 0 Å². The van der Waals surface area contributed by atoms with Gasteiger partial charge in [-0.15, -0.1) is 0 Å². The molecule has 2 N–H and O–H groups in total. The number of aromatic nitrogens is 2. The second-order valence-corrected chi connectivity index (χ2v) is 11.9. The van der Waals surface area contributed by atoms with Crippen molar-refractivity contribution in [3.05, 3.63) is 76.6 Å². The van der Waals surface area contributed by atoms with E-state index in [1.54, 1.807) is 17.3 Å². The molecule has 2 aliphatic heterocycles. The Balaban J connectivity index is 1.38. The standard InChI is InChI=1S/C27H28ClF2N7O3S/c1-2-27(29,30)19-5-3-18(4-6-19)13-33-26(38)23-16-36(24-15-32-22-14-31-17-34-25(22)35-24)11-12-37(23)41(39,40)21-9-7-20(28)8-10-21/h3-10,14-15,23H,2,11-13,16-17H2,1H3,(H,33,38)(H,34,35)/t23-/m1/s1.